The smallest absolute Gasteiger partial charge is 0.322 e. The lowest BCUT2D eigenvalue weighted by Gasteiger charge is -2.05. The van der Waals surface area contributed by atoms with Crippen molar-refractivity contribution in [2.24, 2.45) is 0 Å². The van der Waals surface area contributed by atoms with Crippen LogP contribution >= 0.6 is 11.8 Å². The number of nitrogens with one attached hydrogen (secondary N) is 1. The van der Waals surface area contributed by atoms with Crippen LogP contribution < -0.4 is 5.32 Å². The largest absolute Gasteiger partial charge is 0.407 e. The van der Waals surface area contributed by atoms with Crippen LogP contribution in [-0.4, -0.2) is 22.4 Å². The molecule has 2 aromatic carbocycles. The summed E-state index contributed by atoms with van der Waals surface area (Å²) in [7, 11) is 0. The van der Waals surface area contributed by atoms with E-state index in [-0.39, 0.29) is 11.9 Å². The van der Waals surface area contributed by atoms with Crippen LogP contribution in [0.4, 0.5) is 6.01 Å². The van der Waals surface area contributed by atoms with Gasteiger partial charge in [-0.2, -0.15) is 0 Å². The summed E-state index contributed by atoms with van der Waals surface area (Å²) in [6, 6.07) is 15.8. The number of carbonyl (C=O) groups excluding carboxylic acids is 1. The summed E-state index contributed by atoms with van der Waals surface area (Å²) < 4.78 is 5.54. The maximum Gasteiger partial charge on any atom is 0.322 e. The summed E-state index contributed by atoms with van der Waals surface area (Å²) in [5.74, 6) is 0.698. The highest BCUT2D eigenvalue weighted by molar-refractivity contribution is 7.98. The van der Waals surface area contributed by atoms with E-state index in [9.17, 15) is 4.79 Å². The summed E-state index contributed by atoms with van der Waals surface area (Å²) >= 11 is 1.63. The molecule has 0 aliphatic carbocycles. The Kier molecular flexibility index (Phi) is 5.73. The molecular weight excluding hydrogens is 346 g/mol. The number of thioether (sulfide) groups is 1. The number of benzene rings is 2. The van der Waals surface area contributed by atoms with E-state index in [1.54, 1.807) is 23.9 Å². The Balaban J connectivity index is 1.62. The lowest BCUT2D eigenvalue weighted by Crippen LogP contribution is -2.11. The fourth-order valence-electron chi connectivity index (χ4n) is 2.48. The van der Waals surface area contributed by atoms with Gasteiger partial charge in [0, 0.05) is 10.5 Å². The van der Waals surface area contributed by atoms with Gasteiger partial charge in [-0.3, -0.25) is 10.1 Å². The van der Waals surface area contributed by atoms with E-state index >= 15 is 0 Å². The first kappa shape index (κ1) is 18.2. The minimum Gasteiger partial charge on any atom is -0.407 e. The van der Waals surface area contributed by atoms with Gasteiger partial charge in [-0.25, -0.2) is 0 Å². The van der Waals surface area contributed by atoms with Crippen molar-refractivity contribution in [2.45, 2.75) is 31.1 Å². The third kappa shape index (κ3) is 4.52. The van der Waals surface area contributed by atoms with Crippen LogP contribution in [0.2, 0.25) is 0 Å². The van der Waals surface area contributed by atoms with E-state index < -0.39 is 0 Å². The van der Waals surface area contributed by atoms with Gasteiger partial charge in [0.2, 0.25) is 5.89 Å². The summed E-state index contributed by atoms with van der Waals surface area (Å²) in [5, 5.41) is 10.6. The highest BCUT2D eigenvalue weighted by Gasteiger charge is 2.12. The number of carbonyl (C=O) groups is 1. The normalized spacial score (nSPS) is 10.9. The molecule has 3 rings (SSSR count). The molecule has 0 spiro atoms. The van der Waals surface area contributed by atoms with Crippen LogP contribution in [0.1, 0.15) is 47.1 Å². The molecule has 5 nitrogen and oxygen atoms in total. The number of nitrogens with zero attached hydrogens (tertiary/aromatic N) is 2. The zero-order chi connectivity index (χ0) is 18.5. The second-order valence-electron chi connectivity index (χ2n) is 6.26. The predicted octanol–water partition coefficient (Wildman–Crippen LogP) is 4.76. The van der Waals surface area contributed by atoms with Gasteiger partial charge in [0.1, 0.15) is 0 Å². The molecule has 0 atom stereocenters. The van der Waals surface area contributed by atoms with E-state index in [1.165, 1.54) is 5.56 Å². The first-order valence-electron chi connectivity index (χ1n) is 8.42. The second-order valence-corrected chi connectivity index (χ2v) is 7.14. The molecular formula is C20H21N3O2S. The molecule has 1 N–H and O–H groups in total. The molecule has 0 fully saturated rings. The van der Waals surface area contributed by atoms with E-state index in [0.717, 1.165) is 10.5 Å². The molecule has 0 saturated carbocycles. The van der Waals surface area contributed by atoms with Crippen molar-refractivity contribution in [1.82, 2.24) is 10.2 Å². The van der Waals surface area contributed by atoms with Crippen molar-refractivity contribution in [3.63, 3.8) is 0 Å². The first-order valence-corrected chi connectivity index (χ1v) is 9.64. The maximum absolute atomic E-state index is 12.2. The Bertz CT molecular complexity index is 871. The van der Waals surface area contributed by atoms with Gasteiger partial charge in [-0.1, -0.05) is 43.2 Å². The van der Waals surface area contributed by atoms with Crippen molar-refractivity contribution in [1.29, 1.82) is 0 Å². The van der Waals surface area contributed by atoms with Gasteiger partial charge in [0.15, 0.2) is 0 Å². The molecule has 134 valence electrons. The van der Waals surface area contributed by atoms with Crippen LogP contribution in [0.5, 0.6) is 0 Å². The van der Waals surface area contributed by atoms with Crippen molar-refractivity contribution in [3.8, 4) is 0 Å². The van der Waals surface area contributed by atoms with Crippen molar-refractivity contribution in [3.05, 3.63) is 71.1 Å². The predicted molar refractivity (Wildman–Crippen MR) is 104 cm³/mol. The quantitative estimate of drug-likeness (QED) is 0.636. The van der Waals surface area contributed by atoms with Crippen LogP contribution in [0.15, 0.2) is 57.8 Å². The molecule has 0 radical (unpaired) electrons. The molecule has 3 aromatic rings. The monoisotopic (exact) mass is 367 g/mol. The fraction of sp³-hybridized carbons (Fsp3) is 0.250. The zero-order valence-corrected chi connectivity index (χ0v) is 15.8. The van der Waals surface area contributed by atoms with Crippen molar-refractivity contribution in [2.75, 3.05) is 11.6 Å². The molecule has 1 heterocycles. The van der Waals surface area contributed by atoms with Gasteiger partial charge in [0.25, 0.3) is 5.91 Å². The number of rotatable bonds is 6. The Morgan fingerprint density at radius 3 is 2.38 bits per heavy atom. The number of anilines is 1. The van der Waals surface area contributed by atoms with Gasteiger partial charge in [-0.15, -0.1) is 16.9 Å². The van der Waals surface area contributed by atoms with Crippen LogP contribution in [0.3, 0.4) is 0 Å². The Labute approximate surface area is 157 Å². The average Bonchev–Trinajstić information content (AvgIpc) is 3.09. The zero-order valence-electron chi connectivity index (χ0n) is 15.0. The molecule has 0 aliphatic heterocycles. The molecule has 0 unspecified atom stereocenters. The van der Waals surface area contributed by atoms with Gasteiger partial charge >= 0.3 is 6.01 Å². The molecule has 0 saturated heterocycles. The lowest BCUT2D eigenvalue weighted by atomic mass is 10.0. The fourth-order valence-corrected chi connectivity index (χ4v) is 2.89. The SMILES string of the molecule is CSc1ccc(C(=O)Nc2nnc(Cc3ccc(C(C)C)cc3)o2)cc1. The molecule has 0 aliphatic rings. The topological polar surface area (TPSA) is 68.0 Å². The van der Waals surface area contributed by atoms with Crippen LogP contribution in [-0.2, 0) is 6.42 Å². The maximum atomic E-state index is 12.2. The lowest BCUT2D eigenvalue weighted by molar-refractivity contribution is 0.102. The summed E-state index contributed by atoms with van der Waals surface area (Å²) in [6.07, 6.45) is 2.52. The summed E-state index contributed by atoms with van der Waals surface area (Å²) in [6.45, 7) is 4.33. The standard InChI is InChI=1S/C20H21N3O2S/c1-13(2)15-6-4-14(5-7-15)12-18-22-23-20(25-18)21-19(24)16-8-10-17(26-3)11-9-16/h4-11,13H,12H2,1-3H3,(H,21,23,24). The highest BCUT2D eigenvalue weighted by Crippen LogP contribution is 2.18. The first-order chi connectivity index (χ1) is 12.5. The minimum atomic E-state index is -0.269. The minimum absolute atomic E-state index is 0.109. The third-order valence-corrected chi connectivity index (χ3v) is 4.78. The number of hydrogen-bond donors (Lipinski definition) is 1. The molecule has 0 bridgehead atoms. The van der Waals surface area contributed by atoms with Crippen LogP contribution in [0, 0.1) is 0 Å². The summed E-state index contributed by atoms with van der Waals surface area (Å²) in [5.41, 5.74) is 2.93. The van der Waals surface area contributed by atoms with Gasteiger partial charge in [-0.05, 0) is 47.6 Å². The molecule has 6 heteroatoms. The Morgan fingerprint density at radius 1 is 1.08 bits per heavy atom. The van der Waals surface area contributed by atoms with E-state index in [1.807, 2.05) is 18.4 Å². The number of hydrogen-bond acceptors (Lipinski definition) is 5. The van der Waals surface area contributed by atoms with Crippen molar-refractivity contribution >= 4 is 23.7 Å². The summed E-state index contributed by atoms with van der Waals surface area (Å²) in [4.78, 5) is 13.3. The number of amides is 1. The average molecular weight is 367 g/mol. The third-order valence-electron chi connectivity index (χ3n) is 4.04. The van der Waals surface area contributed by atoms with Crippen molar-refractivity contribution < 1.29 is 9.21 Å². The molecule has 1 aromatic heterocycles. The van der Waals surface area contributed by atoms with E-state index in [4.69, 9.17) is 4.42 Å². The Morgan fingerprint density at radius 2 is 1.77 bits per heavy atom. The molecule has 26 heavy (non-hydrogen) atoms. The highest BCUT2D eigenvalue weighted by atomic mass is 32.2. The van der Waals surface area contributed by atoms with E-state index in [0.29, 0.717) is 23.8 Å². The van der Waals surface area contributed by atoms with Crippen LogP contribution in [0.25, 0.3) is 0 Å². The van der Waals surface area contributed by atoms with E-state index in [2.05, 4.69) is 53.6 Å². The second kappa shape index (κ2) is 8.19. The number of aromatic nitrogens is 2. The Hall–Kier alpha value is -2.60. The molecule has 1 amide bonds. The van der Waals surface area contributed by atoms with Gasteiger partial charge < -0.3 is 4.42 Å². The van der Waals surface area contributed by atoms with Gasteiger partial charge in [0.05, 0.1) is 6.42 Å².